The average molecular weight is 460 g/mol. The Morgan fingerprint density at radius 2 is 2.09 bits per heavy atom. The van der Waals surface area contributed by atoms with Crippen molar-refractivity contribution in [3.8, 4) is 0 Å². The molecule has 1 fully saturated rings. The van der Waals surface area contributed by atoms with Gasteiger partial charge in [0.25, 0.3) is 0 Å². The van der Waals surface area contributed by atoms with Crippen molar-refractivity contribution >= 4 is 45.8 Å². The summed E-state index contributed by atoms with van der Waals surface area (Å²) in [7, 11) is 1.72. The number of aliphatic imine (C=N–C) groups is 1. The van der Waals surface area contributed by atoms with E-state index in [4.69, 9.17) is 10.5 Å². The van der Waals surface area contributed by atoms with E-state index < -0.39 is 0 Å². The highest BCUT2D eigenvalue weighted by Gasteiger charge is 2.14. The second-order valence-corrected chi connectivity index (χ2v) is 8.89. The molecule has 1 aromatic carbocycles. The Labute approximate surface area is 196 Å². The number of anilines is 1. The molecule has 4 heterocycles. The van der Waals surface area contributed by atoms with Crippen molar-refractivity contribution in [1.82, 2.24) is 19.6 Å². The molecule has 9 heteroatoms. The monoisotopic (exact) mass is 459 g/mol. The SMILES string of the molecule is CN=CC(=CN)c1ccc2nnc(Sc3ccc4ncc(NC5CCOCC5)cc4c3)n2c1. The lowest BCUT2D eigenvalue weighted by molar-refractivity contribution is 0.0904. The molecule has 1 saturated heterocycles. The van der Waals surface area contributed by atoms with Crippen molar-refractivity contribution in [2.45, 2.75) is 28.9 Å². The van der Waals surface area contributed by atoms with Gasteiger partial charge in [-0.05, 0) is 61.0 Å². The number of nitrogens with zero attached hydrogens (tertiary/aromatic N) is 5. The maximum absolute atomic E-state index is 5.78. The molecule has 33 heavy (non-hydrogen) atoms. The molecule has 0 saturated carbocycles. The van der Waals surface area contributed by atoms with Crippen LogP contribution in [0.3, 0.4) is 0 Å². The first-order valence-corrected chi connectivity index (χ1v) is 11.7. The summed E-state index contributed by atoms with van der Waals surface area (Å²) in [5.41, 5.74) is 10.3. The van der Waals surface area contributed by atoms with Crippen molar-refractivity contribution in [3.63, 3.8) is 0 Å². The number of nitrogens with one attached hydrogen (secondary N) is 1. The Bertz CT molecular complexity index is 1340. The van der Waals surface area contributed by atoms with Crippen LogP contribution in [-0.4, -0.2) is 52.1 Å². The lowest BCUT2D eigenvalue weighted by Crippen LogP contribution is -2.27. The number of rotatable bonds is 6. The van der Waals surface area contributed by atoms with Crippen LogP contribution in [0, 0.1) is 0 Å². The smallest absolute Gasteiger partial charge is 0.200 e. The topological polar surface area (TPSA) is 103 Å². The maximum Gasteiger partial charge on any atom is 0.200 e. The molecule has 3 N–H and O–H groups in total. The number of nitrogens with two attached hydrogens (primary N) is 1. The third-order valence-electron chi connectivity index (χ3n) is 5.61. The fraction of sp³-hybridized carbons (Fsp3) is 0.250. The fourth-order valence-electron chi connectivity index (χ4n) is 3.90. The Morgan fingerprint density at radius 3 is 2.91 bits per heavy atom. The number of benzene rings is 1. The van der Waals surface area contributed by atoms with Crippen LogP contribution >= 0.6 is 11.8 Å². The summed E-state index contributed by atoms with van der Waals surface area (Å²) >= 11 is 1.56. The Balaban J connectivity index is 1.42. The van der Waals surface area contributed by atoms with Crippen LogP contribution in [0.15, 0.2) is 70.0 Å². The average Bonchev–Trinajstić information content (AvgIpc) is 3.25. The van der Waals surface area contributed by atoms with E-state index in [0.717, 1.165) is 69.5 Å². The zero-order valence-electron chi connectivity index (χ0n) is 18.3. The van der Waals surface area contributed by atoms with Gasteiger partial charge in [0.2, 0.25) is 0 Å². The van der Waals surface area contributed by atoms with E-state index in [1.165, 1.54) is 0 Å². The molecule has 0 aliphatic carbocycles. The van der Waals surface area contributed by atoms with Crippen LogP contribution in [0.1, 0.15) is 18.4 Å². The van der Waals surface area contributed by atoms with Gasteiger partial charge < -0.3 is 15.8 Å². The maximum atomic E-state index is 5.78. The second-order valence-electron chi connectivity index (χ2n) is 7.85. The van der Waals surface area contributed by atoms with Crippen LogP contribution in [0.2, 0.25) is 0 Å². The minimum Gasteiger partial charge on any atom is -0.404 e. The third-order valence-corrected chi connectivity index (χ3v) is 6.56. The van der Waals surface area contributed by atoms with Crippen LogP contribution in [0.5, 0.6) is 0 Å². The second kappa shape index (κ2) is 9.60. The van der Waals surface area contributed by atoms with Gasteiger partial charge in [-0.25, -0.2) is 0 Å². The number of hydrogen-bond acceptors (Lipinski definition) is 8. The number of fused-ring (bicyclic) bond motifs is 2. The van der Waals surface area contributed by atoms with E-state index in [-0.39, 0.29) is 0 Å². The van der Waals surface area contributed by atoms with E-state index in [2.05, 4.69) is 43.7 Å². The van der Waals surface area contributed by atoms with Gasteiger partial charge in [0.05, 0.1) is 17.4 Å². The van der Waals surface area contributed by atoms with Gasteiger partial charge in [-0.15, -0.1) is 10.2 Å². The molecule has 0 spiro atoms. The summed E-state index contributed by atoms with van der Waals surface area (Å²) < 4.78 is 7.43. The molecule has 0 amide bonds. The summed E-state index contributed by atoms with van der Waals surface area (Å²) in [6.07, 6.45) is 9.20. The van der Waals surface area contributed by atoms with Crippen molar-refractivity contribution < 1.29 is 4.74 Å². The zero-order valence-corrected chi connectivity index (χ0v) is 19.1. The Kier molecular flexibility index (Phi) is 6.23. The lowest BCUT2D eigenvalue weighted by atomic mass is 10.1. The predicted octanol–water partition coefficient (Wildman–Crippen LogP) is 4.02. The minimum absolute atomic E-state index is 0.428. The van der Waals surface area contributed by atoms with Gasteiger partial charge >= 0.3 is 0 Å². The van der Waals surface area contributed by atoms with Gasteiger partial charge in [0.15, 0.2) is 10.8 Å². The predicted molar refractivity (Wildman–Crippen MR) is 133 cm³/mol. The molecule has 5 rings (SSSR count). The third kappa shape index (κ3) is 4.69. The van der Waals surface area contributed by atoms with Gasteiger partial charge in [-0.3, -0.25) is 14.4 Å². The molecular formula is C24H25N7OS. The normalized spacial score (nSPS) is 15.6. The number of aromatic nitrogens is 4. The van der Waals surface area contributed by atoms with Gasteiger partial charge in [0, 0.05) is 66.3 Å². The summed E-state index contributed by atoms with van der Waals surface area (Å²) in [5, 5.41) is 14.1. The molecule has 4 aromatic rings. The highest BCUT2D eigenvalue weighted by molar-refractivity contribution is 7.99. The number of allylic oxidation sites excluding steroid dienone is 1. The molecule has 0 radical (unpaired) electrons. The molecule has 0 unspecified atom stereocenters. The first kappa shape index (κ1) is 21.4. The van der Waals surface area contributed by atoms with E-state index in [1.807, 2.05) is 35.0 Å². The van der Waals surface area contributed by atoms with Crippen molar-refractivity contribution in [2.24, 2.45) is 10.7 Å². The van der Waals surface area contributed by atoms with Crippen molar-refractivity contribution in [3.05, 3.63) is 60.6 Å². The molecule has 8 nitrogen and oxygen atoms in total. The first-order valence-electron chi connectivity index (χ1n) is 10.8. The van der Waals surface area contributed by atoms with Crippen molar-refractivity contribution in [2.75, 3.05) is 25.6 Å². The molecule has 3 aromatic heterocycles. The highest BCUT2D eigenvalue weighted by Crippen LogP contribution is 2.30. The number of hydrogen-bond donors (Lipinski definition) is 2. The van der Waals surface area contributed by atoms with E-state index >= 15 is 0 Å². The molecule has 0 atom stereocenters. The number of pyridine rings is 2. The standard InChI is InChI=1S/C24H25N7OS/c1-26-13-18(12-25)16-2-5-23-29-30-24(31(23)15-16)33-21-3-4-22-17(11-21)10-20(14-27-22)28-19-6-8-32-9-7-19/h2-5,10-15,19,28H,6-9,25H2,1H3. The van der Waals surface area contributed by atoms with Crippen LogP contribution < -0.4 is 11.1 Å². The fourth-order valence-corrected chi connectivity index (χ4v) is 4.76. The zero-order chi connectivity index (χ0) is 22.6. The quantitative estimate of drug-likeness (QED) is 0.420. The molecule has 1 aliphatic rings. The van der Waals surface area contributed by atoms with Crippen LogP contribution in [0.4, 0.5) is 5.69 Å². The van der Waals surface area contributed by atoms with Gasteiger partial charge in [-0.2, -0.15) is 0 Å². The lowest BCUT2D eigenvalue weighted by Gasteiger charge is -2.24. The van der Waals surface area contributed by atoms with E-state index in [0.29, 0.717) is 6.04 Å². The first-order chi connectivity index (χ1) is 16.2. The largest absolute Gasteiger partial charge is 0.404 e. The minimum atomic E-state index is 0.428. The molecule has 0 bridgehead atoms. The van der Waals surface area contributed by atoms with Gasteiger partial charge in [0.1, 0.15) is 0 Å². The Hall–Kier alpha value is -3.43. The molecule has 168 valence electrons. The highest BCUT2D eigenvalue weighted by atomic mass is 32.2. The Morgan fingerprint density at radius 1 is 1.21 bits per heavy atom. The summed E-state index contributed by atoms with van der Waals surface area (Å²) in [6.45, 7) is 1.61. The van der Waals surface area contributed by atoms with Crippen LogP contribution in [-0.2, 0) is 4.74 Å². The molecular weight excluding hydrogens is 434 g/mol. The van der Waals surface area contributed by atoms with E-state index in [1.54, 1.807) is 31.2 Å². The van der Waals surface area contributed by atoms with Gasteiger partial charge in [-0.1, -0.05) is 0 Å². The molecule has 1 aliphatic heterocycles. The number of ether oxygens (including phenoxy) is 1. The van der Waals surface area contributed by atoms with Crippen molar-refractivity contribution in [1.29, 1.82) is 0 Å². The summed E-state index contributed by atoms with van der Waals surface area (Å²) in [6, 6.07) is 12.7. The summed E-state index contributed by atoms with van der Waals surface area (Å²) in [5.74, 6) is 0. The summed E-state index contributed by atoms with van der Waals surface area (Å²) in [4.78, 5) is 9.77. The van der Waals surface area contributed by atoms with Crippen LogP contribution in [0.25, 0.3) is 22.1 Å². The van der Waals surface area contributed by atoms with E-state index in [9.17, 15) is 0 Å².